The lowest BCUT2D eigenvalue weighted by Crippen LogP contribution is -2.45. The minimum Gasteiger partial charge on any atom is -0.480 e. The molecule has 0 saturated carbocycles. The minimum absolute atomic E-state index is 0.0496. The summed E-state index contributed by atoms with van der Waals surface area (Å²) in [5.74, 6) is -0.298. The van der Waals surface area contributed by atoms with E-state index in [-0.39, 0.29) is 5.82 Å². The van der Waals surface area contributed by atoms with Gasteiger partial charge in [-0.1, -0.05) is 6.42 Å². The molecule has 1 aromatic heterocycles. The number of nitrogens with zero attached hydrogens (tertiary/aromatic N) is 4. The largest absolute Gasteiger partial charge is 0.480 e. The number of rotatable bonds is 5. The molecule has 0 aliphatic carbocycles. The zero-order valence-electron chi connectivity index (χ0n) is 11.4. The predicted octanol–water partition coefficient (Wildman–Crippen LogP) is 1.04. The first kappa shape index (κ1) is 14.4. The van der Waals surface area contributed by atoms with Gasteiger partial charge >= 0.3 is 11.8 Å². The van der Waals surface area contributed by atoms with Crippen LogP contribution in [-0.4, -0.2) is 49.6 Å². The molecule has 110 valence electrons. The Kier molecular flexibility index (Phi) is 4.33. The monoisotopic (exact) mass is 282 g/mol. The van der Waals surface area contributed by atoms with Crippen molar-refractivity contribution in [3.05, 3.63) is 22.1 Å². The van der Waals surface area contributed by atoms with E-state index in [1.54, 1.807) is 6.92 Å². The normalized spacial score (nSPS) is 19.9. The summed E-state index contributed by atoms with van der Waals surface area (Å²) >= 11 is 0. The van der Waals surface area contributed by atoms with Gasteiger partial charge in [-0.3, -0.25) is 9.69 Å². The maximum Gasteiger partial charge on any atom is 0.342 e. The first-order chi connectivity index (χ1) is 9.50. The van der Waals surface area contributed by atoms with Crippen molar-refractivity contribution in [3.63, 3.8) is 0 Å². The van der Waals surface area contributed by atoms with Crippen LogP contribution in [0.1, 0.15) is 25.1 Å². The lowest BCUT2D eigenvalue weighted by Gasteiger charge is -2.32. The summed E-state index contributed by atoms with van der Waals surface area (Å²) in [5.41, 5.74) is 0. The van der Waals surface area contributed by atoms with Gasteiger partial charge in [0.1, 0.15) is 18.8 Å². The van der Waals surface area contributed by atoms with E-state index in [9.17, 15) is 20.0 Å². The first-order valence-corrected chi connectivity index (χ1v) is 6.64. The Morgan fingerprint density at radius 3 is 2.95 bits per heavy atom. The molecule has 1 aromatic rings. The molecule has 0 bridgehead atoms. The number of aliphatic carboxylic acids is 1. The van der Waals surface area contributed by atoms with E-state index >= 15 is 0 Å². The van der Waals surface area contributed by atoms with E-state index in [4.69, 9.17) is 0 Å². The molecule has 0 radical (unpaired) electrons. The fourth-order valence-electron chi connectivity index (χ4n) is 2.65. The number of nitro groups is 1. The highest BCUT2D eigenvalue weighted by Crippen LogP contribution is 2.19. The van der Waals surface area contributed by atoms with Crippen LogP contribution in [0, 0.1) is 17.0 Å². The summed E-state index contributed by atoms with van der Waals surface area (Å²) in [5, 5.41) is 20.1. The fraction of sp³-hybridized carbons (Fsp3) is 0.667. The second-order valence-electron chi connectivity index (χ2n) is 4.96. The van der Waals surface area contributed by atoms with Crippen molar-refractivity contribution in [1.29, 1.82) is 0 Å². The maximum atomic E-state index is 11.2. The number of aryl methyl sites for hydroxylation is 1. The third kappa shape index (κ3) is 2.96. The summed E-state index contributed by atoms with van der Waals surface area (Å²) < 4.78 is 1.52. The SMILES string of the molecule is Cc1ncc([N+](=O)[O-])n1CCN1CCCCC1C(=O)O. The Morgan fingerprint density at radius 1 is 1.55 bits per heavy atom. The lowest BCUT2D eigenvalue weighted by molar-refractivity contribution is -0.392. The number of imidazole rings is 1. The number of piperidine rings is 1. The van der Waals surface area contributed by atoms with E-state index in [2.05, 4.69) is 4.98 Å². The molecule has 8 nitrogen and oxygen atoms in total. The number of carboxylic acid groups (broad SMARTS) is 1. The molecule has 0 spiro atoms. The average Bonchev–Trinajstić information content (AvgIpc) is 2.78. The Hall–Kier alpha value is -1.96. The summed E-state index contributed by atoms with van der Waals surface area (Å²) in [6.07, 6.45) is 3.76. The van der Waals surface area contributed by atoms with Crippen molar-refractivity contribution in [1.82, 2.24) is 14.5 Å². The van der Waals surface area contributed by atoms with E-state index in [0.717, 1.165) is 19.4 Å². The highest BCUT2D eigenvalue weighted by atomic mass is 16.6. The van der Waals surface area contributed by atoms with E-state index in [1.807, 2.05) is 4.90 Å². The van der Waals surface area contributed by atoms with Gasteiger partial charge in [0.2, 0.25) is 0 Å². The maximum absolute atomic E-state index is 11.2. The molecule has 1 atom stereocenters. The van der Waals surface area contributed by atoms with Crippen LogP contribution in [0.2, 0.25) is 0 Å². The molecule has 0 aromatic carbocycles. The average molecular weight is 282 g/mol. The van der Waals surface area contributed by atoms with Crippen LogP contribution in [0.5, 0.6) is 0 Å². The van der Waals surface area contributed by atoms with Crippen LogP contribution in [0.3, 0.4) is 0 Å². The van der Waals surface area contributed by atoms with Crippen LogP contribution >= 0.6 is 0 Å². The van der Waals surface area contributed by atoms with Crippen molar-refractivity contribution >= 4 is 11.8 Å². The summed E-state index contributed by atoms with van der Waals surface area (Å²) in [4.78, 5) is 27.5. The topological polar surface area (TPSA) is 102 Å². The van der Waals surface area contributed by atoms with Crippen molar-refractivity contribution in [2.75, 3.05) is 13.1 Å². The summed E-state index contributed by atoms with van der Waals surface area (Å²) in [7, 11) is 0. The number of carboxylic acids is 1. The quantitative estimate of drug-likeness (QED) is 0.639. The van der Waals surface area contributed by atoms with E-state index in [1.165, 1.54) is 10.8 Å². The summed E-state index contributed by atoms with van der Waals surface area (Å²) in [6, 6.07) is -0.480. The number of hydrogen-bond donors (Lipinski definition) is 1. The Labute approximate surface area is 116 Å². The molecule has 1 unspecified atom stereocenters. The van der Waals surface area contributed by atoms with Gasteiger partial charge in [0.15, 0.2) is 5.82 Å². The number of hydrogen-bond acceptors (Lipinski definition) is 5. The van der Waals surface area contributed by atoms with Gasteiger partial charge in [0.25, 0.3) is 0 Å². The number of likely N-dealkylation sites (tertiary alicyclic amines) is 1. The van der Waals surface area contributed by atoms with Crippen LogP contribution in [0.4, 0.5) is 5.82 Å². The minimum atomic E-state index is -0.818. The highest BCUT2D eigenvalue weighted by molar-refractivity contribution is 5.73. The lowest BCUT2D eigenvalue weighted by atomic mass is 10.0. The molecule has 1 aliphatic heterocycles. The highest BCUT2D eigenvalue weighted by Gasteiger charge is 2.29. The second kappa shape index (κ2) is 6.00. The standard InChI is InChI=1S/C12H18N4O4/c1-9-13-8-11(16(19)20)15(9)7-6-14-5-3-2-4-10(14)12(17)18/h8,10H,2-7H2,1H3,(H,17,18). The van der Waals surface area contributed by atoms with Gasteiger partial charge in [-0.2, -0.15) is 0 Å². The fourth-order valence-corrected chi connectivity index (χ4v) is 2.65. The molecule has 1 fully saturated rings. The Morgan fingerprint density at radius 2 is 2.30 bits per heavy atom. The number of carbonyl (C=O) groups is 1. The molecule has 1 N–H and O–H groups in total. The van der Waals surface area contributed by atoms with Crippen LogP contribution in [0.25, 0.3) is 0 Å². The van der Waals surface area contributed by atoms with Crippen LogP contribution in [0.15, 0.2) is 6.20 Å². The third-order valence-corrected chi connectivity index (χ3v) is 3.73. The second-order valence-corrected chi connectivity index (χ2v) is 4.96. The molecular formula is C12H18N4O4. The summed E-state index contributed by atoms with van der Waals surface area (Å²) in [6.45, 7) is 3.29. The smallest absolute Gasteiger partial charge is 0.342 e. The molecule has 1 aliphatic rings. The zero-order valence-corrected chi connectivity index (χ0v) is 11.4. The predicted molar refractivity (Wildman–Crippen MR) is 70.5 cm³/mol. The van der Waals surface area contributed by atoms with Crippen molar-refractivity contribution < 1.29 is 14.8 Å². The third-order valence-electron chi connectivity index (χ3n) is 3.73. The van der Waals surface area contributed by atoms with Gasteiger partial charge in [0, 0.05) is 13.5 Å². The molecule has 8 heteroatoms. The van der Waals surface area contributed by atoms with Crippen LogP contribution in [-0.2, 0) is 11.3 Å². The van der Waals surface area contributed by atoms with E-state index in [0.29, 0.717) is 25.3 Å². The Balaban J connectivity index is 2.06. The molecule has 2 rings (SSSR count). The van der Waals surface area contributed by atoms with Gasteiger partial charge in [-0.05, 0) is 24.3 Å². The molecule has 0 amide bonds. The van der Waals surface area contributed by atoms with Crippen molar-refractivity contribution in [3.8, 4) is 0 Å². The molecular weight excluding hydrogens is 264 g/mol. The van der Waals surface area contributed by atoms with Crippen LogP contribution < -0.4 is 0 Å². The zero-order chi connectivity index (χ0) is 14.7. The van der Waals surface area contributed by atoms with Crippen molar-refractivity contribution in [2.24, 2.45) is 0 Å². The Bertz CT molecular complexity index is 514. The van der Waals surface area contributed by atoms with Gasteiger partial charge < -0.3 is 15.2 Å². The molecule has 2 heterocycles. The molecule has 20 heavy (non-hydrogen) atoms. The van der Waals surface area contributed by atoms with Gasteiger partial charge in [-0.15, -0.1) is 0 Å². The first-order valence-electron chi connectivity index (χ1n) is 6.64. The van der Waals surface area contributed by atoms with Crippen molar-refractivity contribution in [2.45, 2.75) is 38.8 Å². The molecule has 1 saturated heterocycles. The number of aromatic nitrogens is 2. The van der Waals surface area contributed by atoms with Gasteiger partial charge in [-0.25, -0.2) is 9.55 Å². The van der Waals surface area contributed by atoms with Gasteiger partial charge in [0.05, 0.1) is 0 Å². The van der Waals surface area contributed by atoms with E-state index < -0.39 is 16.9 Å².